The molecule has 0 atom stereocenters. The number of hydrogen-bond donors (Lipinski definition) is 1. The lowest BCUT2D eigenvalue weighted by molar-refractivity contribution is 0.219. The Labute approximate surface area is 104 Å². The third kappa shape index (κ3) is 2.91. The Morgan fingerprint density at radius 3 is 2.82 bits per heavy atom. The zero-order valence-corrected chi connectivity index (χ0v) is 10.2. The largest absolute Gasteiger partial charge is 0.482 e. The van der Waals surface area contributed by atoms with Crippen LogP contribution in [0, 0.1) is 0 Å². The summed E-state index contributed by atoms with van der Waals surface area (Å²) in [6.07, 6.45) is 0. The van der Waals surface area contributed by atoms with Crippen LogP contribution >= 0.6 is 11.8 Å². The molecule has 1 heterocycles. The predicted molar refractivity (Wildman–Crippen MR) is 68.7 cm³/mol. The minimum Gasteiger partial charge on any atom is -0.482 e. The fourth-order valence-corrected chi connectivity index (χ4v) is 2.07. The Kier molecular flexibility index (Phi) is 3.53. The molecule has 0 unspecified atom stereocenters. The van der Waals surface area contributed by atoms with Crippen molar-refractivity contribution in [3.05, 3.63) is 29.8 Å². The molecule has 5 nitrogen and oxygen atoms in total. The maximum absolute atomic E-state index is 11.6. The van der Waals surface area contributed by atoms with Crippen LogP contribution in [-0.4, -0.2) is 29.0 Å². The van der Waals surface area contributed by atoms with Gasteiger partial charge in [-0.05, 0) is 17.7 Å². The van der Waals surface area contributed by atoms with Crippen LogP contribution in [0.2, 0.25) is 0 Å². The van der Waals surface area contributed by atoms with Gasteiger partial charge in [0, 0.05) is 5.69 Å². The van der Waals surface area contributed by atoms with Crippen LogP contribution in [0.5, 0.6) is 0 Å². The van der Waals surface area contributed by atoms with Gasteiger partial charge in [-0.2, -0.15) is 0 Å². The lowest BCUT2D eigenvalue weighted by Crippen LogP contribution is -2.29. The van der Waals surface area contributed by atoms with Crippen LogP contribution in [0.1, 0.15) is 5.56 Å². The molecule has 0 saturated carbocycles. The number of carbonyl (C=O) groups excluding carboxylic acids is 1. The minimum absolute atomic E-state index is 0.0670. The van der Waals surface area contributed by atoms with Crippen molar-refractivity contribution in [3.8, 4) is 0 Å². The van der Waals surface area contributed by atoms with Gasteiger partial charge in [-0.15, -0.1) is 5.10 Å². The number of amides is 1. The van der Waals surface area contributed by atoms with Crippen molar-refractivity contribution in [2.45, 2.75) is 6.54 Å². The molecule has 1 aliphatic heterocycles. The van der Waals surface area contributed by atoms with Crippen LogP contribution in [0.25, 0.3) is 0 Å². The van der Waals surface area contributed by atoms with Crippen molar-refractivity contribution in [3.63, 3.8) is 0 Å². The maximum atomic E-state index is 11.6. The second-order valence-corrected chi connectivity index (χ2v) is 4.48. The Morgan fingerprint density at radius 2 is 2.18 bits per heavy atom. The Bertz CT molecular complexity index is 445. The van der Waals surface area contributed by atoms with E-state index >= 15 is 0 Å². The molecule has 17 heavy (non-hydrogen) atoms. The van der Waals surface area contributed by atoms with Crippen LogP contribution in [0.3, 0.4) is 0 Å². The van der Waals surface area contributed by atoms with Gasteiger partial charge in [0.05, 0.1) is 19.4 Å². The van der Waals surface area contributed by atoms with Gasteiger partial charge in [0.25, 0.3) is 0 Å². The Morgan fingerprint density at radius 1 is 1.47 bits per heavy atom. The number of thioether (sulfide) groups is 1. The molecule has 0 fully saturated rings. The molecule has 0 radical (unpaired) electrons. The summed E-state index contributed by atoms with van der Waals surface area (Å²) in [5, 5.41) is 5.46. The number of benzene rings is 1. The summed E-state index contributed by atoms with van der Waals surface area (Å²) in [6.45, 7) is 0.430. The topological polar surface area (TPSA) is 67.9 Å². The van der Waals surface area contributed by atoms with Crippen molar-refractivity contribution < 1.29 is 9.53 Å². The van der Waals surface area contributed by atoms with Crippen molar-refractivity contribution in [2.24, 2.45) is 5.10 Å². The number of nitrogen functional groups attached to an aromatic ring is 1. The minimum atomic E-state index is -0.0670. The van der Waals surface area contributed by atoms with Crippen molar-refractivity contribution >= 4 is 28.6 Å². The van der Waals surface area contributed by atoms with Gasteiger partial charge in [-0.3, -0.25) is 4.79 Å². The highest BCUT2D eigenvalue weighted by atomic mass is 32.2. The summed E-state index contributed by atoms with van der Waals surface area (Å²) in [7, 11) is 1.55. The molecule has 6 heteroatoms. The van der Waals surface area contributed by atoms with Crippen molar-refractivity contribution in [2.75, 3.05) is 18.6 Å². The highest BCUT2D eigenvalue weighted by molar-refractivity contribution is 8.14. The molecule has 0 spiro atoms. The summed E-state index contributed by atoms with van der Waals surface area (Å²) < 4.78 is 5.04. The number of nitrogens with two attached hydrogens (primary N) is 1. The molecule has 0 bridgehead atoms. The molecule has 2 N–H and O–H groups in total. The second-order valence-electron chi connectivity index (χ2n) is 3.55. The fraction of sp³-hybridized carbons (Fsp3) is 0.273. The Balaban J connectivity index is 2.11. The number of ether oxygens (including phenoxy) is 1. The van der Waals surface area contributed by atoms with E-state index in [2.05, 4.69) is 5.10 Å². The number of carbonyl (C=O) groups is 1. The van der Waals surface area contributed by atoms with Crippen LogP contribution in [-0.2, 0) is 11.3 Å². The number of anilines is 1. The standard InChI is InChI=1S/C11H13N3O2S/c1-16-10-7-17-11(15)14(13-10)6-8-2-4-9(12)5-3-8/h2-5H,6-7,12H2,1H3. The summed E-state index contributed by atoms with van der Waals surface area (Å²) in [6, 6.07) is 7.36. The number of hydrazone groups is 1. The summed E-state index contributed by atoms with van der Waals surface area (Å²) in [4.78, 5) is 11.6. The van der Waals surface area contributed by atoms with Gasteiger partial charge >= 0.3 is 5.24 Å². The molecule has 0 aromatic heterocycles. The average molecular weight is 251 g/mol. The third-order valence-electron chi connectivity index (χ3n) is 2.31. The molecule has 1 aromatic rings. The number of rotatable bonds is 2. The fourth-order valence-electron chi connectivity index (χ4n) is 1.40. The van der Waals surface area contributed by atoms with E-state index in [-0.39, 0.29) is 5.24 Å². The maximum Gasteiger partial charge on any atom is 0.302 e. The van der Waals surface area contributed by atoms with Crippen LogP contribution in [0.4, 0.5) is 10.5 Å². The first-order valence-corrected chi connectivity index (χ1v) is 6.08. The third-order valence-corrected chi connectivity index (χ3v) is 3.16. The smallest absolute Gasteiger partial charge is 0.302 e. The lowest BCUT2D eigenvalue weighted by Gasteiger charge is -2.21. The van der Waals surface area contributed by atoms with E-state index in [0.717, 1.165) is 5.56 Å². The van der Waals surface area contributed by atoms with Gasteiger partial charge in [0.15, 0.2) is 0 Å². The SMILES string of the molecule is COC1=NN(Cc2ccc(N)cc2)C(=O)SC1. The van der Waals surface area contributed by atoms with Gasteiger partial charge < -0.3 is 10.5 Å². The number of nitrogens with zero attached hydrogens (tertiary/aromatic N) is 2. The number of hydrogen-bond acceptors (Lipinski definition) is 5. The van der Waals surface area contributed by atoms with Crippen LogP contribution < -0.4 is 5.73 Å². The van der Waals surface area contributed by atoms with Gasteiger partial charge in [-0.25, -0.2) is 5.01 Å². The highest BCUT2D eigenvalue weighted by Gasteiger charge is 2.21. The molecule has 0 saturated heterocycles. The van der Waals surface area contributed by atoms with Gasteiger partial charge in [0.2, 0.25) is 5.90 Å². The molecule has 1 aromatic carbocycles. The van der Waals surface area contributed by atoms with Crippen molar-refractivity contribution in [1.82, 2.24) is 5.01 Å². The van der Waals surface area contributed by atoms with E-state index in [9.17, 15) is 4.79 Å². The molecule has 1 aliphatic rings. The number of methoxy groups -OCH3 is 1. The van der Waals surface area contributed by atoms with Crippen LogP contribution in [0.15, 0.2) is 29.4 Å². The second kappa shape index (κ2) is 5.09. The first-order valence-electron chi connectivity index (χ1n) is 5.09. The molecule has 1 amide bonds. The van der Waals surface area contributed by atoms with E-state index < -0.39 is 0 Å². The lowest BCUT2D eigenvalue weighted by atomic mass is 10.2. The quantitative estimate of drug-likeness (QED) is 0.815. The first kappa shape index (κ1) is 11.8. The van der Waals surface area contributed by atoms with E-state index in [0.29, 0.717) is 23.9 Å². The molecule has 0 aliphatic carbocycles. The van der Waals surface area contributed by atoms with Gasteiger partial charge in [-0.1, -0.05) is 23.9 Å². The highest BCUT2D eigenvalue weighted by Crippen LogP contribution is 2.19. The summed E-state index contributed by atoms with van der Waals surface area (Å²) in [5.41, 5.74) is 7.28. The van der Waals surface area contributed by atoms with E-state index in [4.69, 9.17) is 10.5 Å². The predicted octanol–water partition coefficient (Wildman–Crippen LogP) is 1.90. The van der Waals surface area contributed by atoms with E-state index in [1.807, 2.05) is 12.1 Å². The first-order chi connectivity index (χ1) is 8.19. The molecular formula is C11H13N3O2S. The molecule has 2 rings (SSSR count). The summed E-state index contributed by atoms with van der Waals surface area (Å²) >= 11 is 1.19. The van der Waals surface area contributed by atoms with Gasteiger partial charge in [0.1, 0.15) is 0 Å². The monoisotopic (exact) mass is 251 g/mol. The molecular weight excluding hydrogens is 238 g/mol. The Hall–Kier alpha value is -1.69. The zero-order chi connectivity index (χ0) is 12.3. The zero-order valence-electron chi connectivity index (χ0n) is 9.42. The van der Waals surface area contributed by atoms with E-state index in [1.54, 1.807) is 19.2 Å². The molecule has 90 valence electrons. The summed E-state index contributed by atoms with van der Waals surface area (Å²) in [5.74, 6) is 1.05. The van der Waals surface area contributed by atoms with Crippen molar-refractivity contribution in [1.29, 1.82) is 0 Å². The van der Waals surface area contributed by atoms with E-state index in [1.165, 1.54) is 16.8 Å². The normalized spacial score (nSPS) is 15.7. The average Bonchev–Trinajstić information content (AvgIpc) is 2.35.